The molecule has 2 aliphatic rings. The van der Waals surface area contributed by atoms with Crippen molar-refractivity contribution in [1.82, 2.24) is 0 Å². The van der Waals surface area contributed by atoms with Crippen molar-refractivity contribution in [2.45, 2.75) is 63.1 Å². The maximum Gasteiger partial charge on any atom is 0.338 e. The summed E-state index contributed by atoms with van der Waals surface area (Å²) in [5.74, 6) is -0.465. The highest BCUT2D eigenvalue weighted by Gasteiger charge is 2.54. The Bertz CT molecular complexity index is 986. The van der Waals surface area contributed by atoms with Gasteiger partial charge in [-0.2, -0.15) is 0 Å². The molecule has 4 rings (SSSR count). The molecule has 0 radical (unpaired) electrons. The lowest BCUT2D eigenvalue weighted by Crippen LogP contribution is -2.37. The van der Waals surface area contributed by atoms with Crippen LogP contribution in [0, 0.1) is 11.8 Å². The molecule has 5 atom stereocenters. The molecule has 5 unspecified atom stereocenters. The second kappa shape index (κ2) is 12.5. The molecule has 1 heterocycles. The van der Waals surface area contributed by atoms with Crippen LogP contribution in [0.3, 0.4) is 0 Å². The molecule has 194 valence electrons. The van der Waals surface area contributed by atoms with E-state index in [9.17, 15) is 9.59 Å². The summed E-state index contributed by atoms with van der Waals surface area (Å²) in [5, 5.41) is 0. The summed E-state index contributed by atoms with van der Waals surface area (Å²) in [4.78, 5) is 24.4. The van der Waals surface area contributed by atoms with E-state index < -0.39 is 6.29 Å². The van der Waals surface area contributed by atoms with Crippen molar-refractivity contribution in [3.8, 4) is 11.1 Å². The highest BCUT2D eigenvalue weighted by molar-refractivity contribution is 5.90. The van der Waals surface area contributed by atoms with Crippen LogP contribution in [0.2, 0.25) is 0 Å². The molecule has 1 aliphatic carbocycles. The second-order valence-corrected chi connectivity index (χ2v) is 9.56. The van der Waals surface area contributed by atoms with Crippen LogP contribution in [0.25, 0.3) is 11.1 Å². The predicted molar refractivity (Wildman–Crippen MR) is 134 cm³/mol. The van der Waals surface area contributed by atoms with Gasteiger partial charge in [-0.1, -0.05) is 48.9 Å². The summed E-state index contributed by atoms with van der Waals surface area (Å²) in [6.45, 7) is 0. The smallest absolute Gasteiger partial charge is 0.338 e. The highest BCUT2D eigenvalue weighted by atomic mass is 16.7. The van der Waals surface area contributed by atoms with Crippen LogP contribution >= 0.6 is 0 Å². The Labute approximate surface area is 213 Å². The van der Waals surface area contributed by atoms with E-state index in [2.05, 4.69) is 0 Å². The number of fused-ring (bicyclic) bond motifs is 1. The third-order valence-corrected chi connectivity index (χ3v) is 7.42. The summed E-state index contributed by atoms with van der Waals surface area (Å²) in [7, 11) is 4.64. The minimum Gasteiger partial charge on any atom is -0.469 e. The van der Waals surface area contributed by atoms with Gasteiger partial charge in [-0.3, -0.25) is 4.79 Å². The third-order valence-electron chi connectivity index (χ3n) is 7.42. The number of methoxy groups -OCH3 is 3. The number of esters is 2. The zero-order valence-electron chi connectivity index (χ0n) is 21.3. The quantitative estimate of drug-likeness (QED) is 0.245. The van der Waals surface area contributed by atoms with Gasteiger partial charge in [0.05, 0.1) is 30.8 Å². The molecular formula is C29H36O7. The van der Waals surface area contributed by atoms with Gasteiger partial charge in [0.2, 0.25) is 0 Å². The molecule has 2 aromatic rings. The zero-order valence-corrected chi connectivity index (χ0v) is 21.3. The van der Waals surface area contributed by atoms with Crippen molar-refractivity contribution < 1.29 is 33.3 Å². The van der Waals surface area contributed by atoms with E-state index in [4.69, 9.17) is 23.7 Å². The fraction of sp³-hybridized carbons (Fsp3) is 0.517. The van der Waals surface area contributed by atoms with E-state index in [1.165, 1.54) is 7.11 Å². The molecular weight excluding hydrogens is 460 g/mol. The van der Waals surface area contributed by atoms with Crippen molar-refractivity contribution in [1.29, 1.82) is 0 Å². The lowest BCUT2D eigenvalue weighted by Gasteiger charge is -2.30. The first kappa shape index (κ1) is 26.3. The van der Waals surface area contributed by atoms with E-state index in [1.54, 1.807) is 26.4 Å². The Balaban J connectivity index is 1.37. The average Bonchev–Trinajstić information content (AvgIpc) is 3.45. The van der Waals surface area contributed by atoms with Crippen LogP contribution in [0.15, 0.2) is 54.6 Å². The number of rotatable bonds is 11. The lowest BCUT2D eigenvalue weighted by molar-refractivity contribution is -0.164. The summed E-state index contributed by atoms with van der Waals surface area (Å²) in [5.41, 5.74) is 2.66. The van der Waals surface area contributed by atoms with E-state index >= 15 is 0 Å². The maximum absolute atomic E-state index is 13.0. The van der Waals surface area contributed by atoms with E-state index in [1.807, 2.05) is 42.5 Å². The number of hydrogen-bond donors (Lipinski definition) is 0. The number of carbonyl (C=O) groups excluding carboxylic acids is 2. The zero-order chi connectivity index (χ0) is 25.5. The Morgan fingerprint density at radius 3 is 2.28 bits per heavy atom. The monoisotopic (exact) mass is 496 g/mol. The first-order valence-electron chi connectivity index (χ1n) is 12.7. The molecule has 36 heavy (non-hydrogen) atoms. The molecule has 2 fully saturated rings. The molecule has 0 bridgehead atoms. The van der Waals surface area contributed by atoms with Crippen LogP contribution in [0.1, 0.15) is 48.9 Å². The molecule has 1 aliphatic heterocycles. The van der Waals surface area contributed by atoms with Gasteiger partial charge in [0, 0.05) is 27.1 Å². The van der Waals surface area contributed by atoms with Gasteiger partial charge in [-0.25, -0.2) is 4.79 Å². The summed E-state index contributed by atoms with van der Waals surface area (Å²) < 4.78 is 28.3. The van der Waals surface area contributed by atoms with E-state index in [0.717, 1.165) is 36.8 Å². The van der Waals surface area contributed by atoms with Gasteiger partial charge in [0.1, 0.15) is 6.10 Å². The Hall–Kier alpha value is -2.74. The molecule has 7 nitrogen and oxygen atoms in total. The van der Waals surface area contributed by atoms with Crippen LogP contribution in [-0.2, 0) is 28.5 Å². The van der Waals surface area contributed by atoms with Crippen molar-refractivity contribution in [2.75, 3.05) is 21.3 Å². The predicted octanol–water partition coefficient (Wildman–Crippen LogP) is 5.02. The Morgan fingerprint density at radius 2 is 1.61 bits per heavy atom. The molecule has 0 amide bonds. The molecule has 1 saturated carbocycles. The molecule has 2 aromatic carbocycles. The minimum absolute atomic E-state index is 0.00772. The minimum atomic E-state index is -0.486. The number of ether oxygens (including phenoxy) is 5. The van der Waals surface area contributed by atoms with Crippen LogP contribution < -0.4 is 0 Å². The third kappa shape index (κ3) is 6.14. The molecule has 0 N–H and O–H groups in total. The number of unbranched alkanes of at least 4 members (excludes halogenated alkanes) is 1. The molecule has 0 spiro atoms. The van der Waals surface area contributed by atoms with Crippen molar-refractivity contribution in [3.63, 3.8) is 0 Å². The Morgan fingerprint density at radius 1 is 0.917 bits per heavy atom. The topological polar surface area (TPSA) is 80.3 Å². The summed E-state index contributed by atoms with van der Waals surface area (Å²) in [6.07, 6.45) is 3.75. The molecule has 1 saturated heterocycles. The van der Waals surface area contributed by atoms with Crippen LogP contribution in [0.5, 0.6) is 0 Å². The normalized spacial score (nSPS) is 25.1. The van der Waals surface area contributed by atoms with Crippen molar-refractivity contribution in [3.05, 3.63) is 60.2 Å². The first-order valence-corrected chi connectivity index (χ1v) is 12.7. The lowest BCUT2D eigenvalue weighted by atomic mass is 9.89. The van der Waals surface area contributed by atoms with Gasteiger partial charge in [0.25, 0.3) is 0 Å². The number of benzene rings is 2. The molecule has 0 aromatic heterocycles. The number of hydrogen-bond acceptors (Lipinski definition) is 7. The van der Waals surface area contributed by atoms with Gasteiger partial charge < -0.3 is 23.7 Å². The van der Waals surface area contributed by atoms with E-state index in [-0.39, 0.29) is 42.1 Å². The maximum atomic E-state index is 13.0. The van der Waals surface area contributed by atoms with Crippen molar-refractivity contribution >= 4 is 11.9 Å². The molecule has 7 heteroatoms. The summed E-state index contributed by atoms with van der Waals surface area (Å²) in [6, 6.07) is 17.5. The van der Waals surface area contributed by atoms with Gasteiger partial charge in [0.15, 0.2) is 6.29 Å². The average molecular weight is 497 g/mol. The van der Waals surface area contributed by atoms with Crippen LogP contribution in [-0.4, -0.2) is 57.9 Å². The van der Waals surface area contributed by atoms with Crippen LogP contribution in [0.4, 0.5) is 0 Å². The fourth-order valence-corrected chi connectivity index (χ4v) is 5.63. The van der Waals surface area contributed by atoms with Gasteiger partial charge in [-0.15, -0.1) is 0 Å². The second-order valence-electron chi connectivity index (χ2n) is 9.56. The van der Waals surface area contributed by atoms with Crippen molar-refractivity contribution in [2.24, 2.45) is 11.8 Å². The summed E-state index contributed by atoms with van der Waals surface area (Å²) >= 11 is 0. The van der Waals surface area contributed by atoms with Gasteiger partial charge in [-0.05, 0) is 48.4 Å². The fourth-order valence-electron chi connectivity index (χ4n) is 5.63. The number of carbonyl (C=O) groups is 2. The van der Waals surface area contributed by atoms with E-state index in [0.29, 0.717) is 18.4 Å². The SMILES string of the molecule is COC(=O)CCCCC1CC2C(CC(OC(=O)c3ccc(-c4ccccc4)cc3)C2C(OC)OC)O1. The Kier molecular flexibility index (Phi) is 9.13. The first-order chi connectivity index (χ1) is 17.5. The van der Waals surface area contributed by atoms with Gasteiger partial charge >= 0.3 is 11.9 Å². The standard InChI is InChI=1S/C29H36O7/c1-32-26(30)12-8-7-11-22-17-23-24(35-22)18-25(27(23)29(33-2)34-3)36-28(31)21-15-13-20(14-16-21)19-9-5-4-6-10-19/h4-6,9-10,13-16,22-25,27,29H,7-8,11-12,17-18H2,1-3H3. The largest absolute Gasteiger partial charge is 0.469 e. The highest BCUT2D eigenvalue weighted by Crippen LogP contribution is 2.47.